The number of benzene rings is 2. The minimum absolute atomic E-state index is 0.0726. The van der Waals surface area contributed by atoms with Gasteiger partial charge in [-0.1, -0.05) is 6.07 Å². The number of hydrogen-bond donors (Lipinski definition) is 2. The number of imidazole rings is 2. The van der Waals surface area contributed by atoms with E-state index in [-0.39, 0.29) is 41.4 Å². The first-order valence-electron chi connectivity index (χ1n) is 16.4. The smallest absolute Gasteiger partial charge is 0.324 e. The largest absolute Gasteiger partial charge is 0.438 e. The molecule has 7 heterocycles. The first-order chi connectivity index (χ1) is 24.0. The lowest BCUT2D eigenvalue weighted by Crippen LogP contribution is -2.31. The molecule has 2 atom stereocenters. The zero-order valence-electron chi connectivity index (χ0n) is 26.4. The van der Waals surface area contributed by atoms with Crippen LogP contribution in [0.5, 0.6) is 0 Å². The van der Waals surface area contributed by atoms with Gasteiger partial charge in [0, 0.05) is 38.4 Å². The number of nitrogens with one attached hydrogen (secondary N) is 2. The number of oxazole rings is 2. The molecule has 0 unspecified atom stereocenters. The highest BCUT2D eigenvalue weighted by molar-refractivity contribution is 5.96. The molecule has 4 amide bonds. The molecule has 0 saturated carbocycles. The number of carbonyl (C=O) groups excluding carboxylic acids is 3. The molecule has 2 aromatic carbocycles. The Bertz CT molecular complexity index is 2190. The molecule has 3 saturated heterocycles. The van der Waals surface area contributed by atoms with E-state index in [9.17, 15) is 14.4 Å². The molecule has 4 aromatic heterocycles. The Labute approximate surface area is 278 Å². The van der Waals surface area contributed by atoms with E-state index in [4.69, 9.17) is 18.8 Å². The number of urea groups is 1. The van der Waals surface area contributed by atoms with E-state index in [1.165, 1.54) is 25.2 Å². The average molecular weight is 661 g/mol. The topological polar surface area (TPSA) is 174 Å². The first-order valence-corrected chi connectivity index (χ1v) is 16.4. The predicted molar refractivity (Wildman–Crippen MR) is 174 cm³/mol. The molecule has 49 heavy (non-hydrogen) atoms. The van der Waals surface area contributed by atoms with Crippen LogP contribution in [0.3, 0.4) is 0 Å². The molecule has 248 valence electrons. The monoisotopic (exact) mass is 660 g/mol. The minimum Gasteiger partial charge on any atom is -0.438 e. The van der Waals surface area contributed by atoms with Gasteiger partial charge < -0.3 is 33.5 Å². The maximum Gasteiger partial charge on any atom is 0.324 e. The minimum atomic E-state index is -0.202. The summed E-state index contributed by atoms with van der Waals surface area (Å²) in [6.07, 6.45) is 8.72. The SMILES string of the molecule is O=C1N(Cc2ccc3nc([C@H]4CCCN4C(=O)c4cnco4)[nH]c3c2)CCN1c1ccc2nc([C@H]3CCCN3C(=O)c3cnco3)[nH]c2c1. The van der Waals surface area contributed by atoms with Gasteiger partial charge in [-0.2, -0.15) is 0 Å². The summed E-state index contributed by atoms with van der Waals surface area (Å²) in [5.74, 6) is 1.49. The van der Waals surface area contributed by atoms with Crippen molar-refractivity contribution in [1.82, 2.24) is 44.6 Å². The van der Waals surface area contributed by atoms with E-state index in [1.807, 2.05) is 41.3 Å². The van der Waals surface area contributed by atoms with Crippen LogP contribution >= 0.6 is 0 Å². The van der Waals surface area contributed by atoms with E-state index in [2.05, 4.69) is 19.9 Å². The number of anilines is 1. The molecule has 9 rings (SSSR count). The van der Waals surface area contributed by atoms with Gasteiger partial charge in [-0.05, 0) is 61.6 Å². The van der Waals surface area contributed by atoms with Gasteiger partial charge in [0.2, 0.25) is 11.5 Å². The van der Waals surface area contributed by atoms with Crippen molar-refractivity contribution in [2.45, 2.75) is 44.3 Å². The molecular weight excluding hydrogens is 628 g/mol. The Morgan fingerprint density at radius 3 is 1.94 bits per heavy atom. The van der Waals surface area contributed by atoms with Crippen molar-refractivity contribution in [2.24, 2.45) is 0 Å². The van der Waals surface area contributed by atoms with Crippen molar-refractivity contribution in [3.8, 4) is 0 Å². The van der Waals surface area contributed by atoms with E-state index >= 15 is 0 Å². The van der Waals surface area contributed by atoms with Crippen LogP contribution in [0.1, 0.15) is 76.1 Å². The van der Waals surface area contributed by atoms with Crippen molar-refractivity contribution in [1.29, 1.82) is 0 Å². The molecular formula is C34H32N10O5. The van der Waals surface area contributed by atoms with Crippen LogP contribution in [0.25, 0.3) is 22.1 Å². The van der Waals surface area contributed by atoms with Crippen LogP contribution in [0.4, 0.5) is 10.5 Å². The van der Waals surface area contributed by atoms with Gasteiger partial charge >= 0.3 is 6.03 Å². The first kappa shape index (κ1) is 29.2. The summed E-state index contributed by atoms with van der Waals surface area (Å²) in [5, 5.41) is 0. The molecule has 0 radical (unpaired) electrons. The second-order valence-electron chi connectivity index (χ2n) is 12.7. The predicted octanol–water partition coefficient (Wildman–Crippen LogP) is 4.81. The van der Waals surface area contributed by atoms with E-state index in [0.29, 0.717) is 38.5 Å². The summed E-state index contributed by atoms with van der Waals surface area (Å²) >= 11 is 0. The van der Waals surface area contributed by atoms with Crippen molar-refractivity contribution in [2.75, 3.05) is 31.1 Å². The van der Waals surface area contributed by atoms with Gasteiger partial charge in [-0.25, -0.2) is 24.7 Å². The quantitative estimate of drug-likeness (QED) is 0.244. The number of likely N-dealkylation sites (tertiary alicyclic amines) is 2. The number of carbonyl (C=O) groups is 3. The van der Waals surface area contributed by atoms with Crippen molar-refractivity contribution >= 4 is 45.6 Å². The molecule has 3 aliphatic rings. The molecule has 0 bridgehead atoms. The van der Waals surface area contributed by atoms with Gasteiger partial charge in [0.25, 0.3) is 11.8 Å². The van der Waals surface area contributed by atoms with Crippen molar-refractivity contribution in [3.63, 3.8) is 0 Å². The summed E-state index contributed by atoms with van der Waals surface area (Å²) in [4.78, 5) is 71.0. The maximum absolute atomic E-state index is 13.6. The maximum atomic E-state index is 13.6. The Kier molecular flexibility index (Phi) is 6.91. The summed E-state index contributed by atoms with van der Waals surface area (Å²) in [7, 11) is 0. The van der Waals surface area contributed by atoms with Crippen LogP contribution in [0.15, 0.2) is 70.4 Å². The second-order valence-corrected chi connectivity index (χ2v) is 12.7. The Morgan fingerprint density at radius 2 is 1.35 bits per heavy atom. The zero-order chi connectivity index (χ0) is 33.1. The summed E-state index contributed by atoms with van der Waals surface area (Å²) in [6, 6.07) is 11.3. The normalized spacial score (nSPS) is 19.7. The van der Waals surface area contributed by atoms with Crippen molar-refractivity contribution < 1.29 is 23.2 Å². The van der Waals surface area contributed by atoms with Gasteiger partial charge in [0.15, 0.2) is 12.8 Å². The van der Waals surface area contributed by atoms with Gasteiger partial charge in [0.05, 0.1) is 46.5 Å². The van der Waals surface area contributed by atoms with Crippen LogP contribution in [-0.2, 0) is 6.54 Å². The van der Waals surface area contributed by atoms with Crippen LogP contribution in [0, 0.1) is 0 Å². The summed E-state index contributed by atoms with van der Waals surface area (Å²) < 4.78 is 10.5. The summed E-state index contributed by atoms with van der Waals surface area (Å²) in [5.41, 5.74) is 5.01. The fraction of sp³-hybridized carbons (Fsp3) is 0.324. The van der Waals surface area contributed by atoms with E-state index < -0.39 is 0 Å². The molecule has 3 aliphatic heterocycles. The highest BCUT2D eigenvalue weighted by Gasteiger charge is 2.36. The van der Waals surface area contributed by atoms with Crippen LogP contribution in [-0.4, -0.2) is 88.6 Å². The summed E-state index contributed by atoms with van der Waals surface area (Å²) in [6.45, 7) is 2.83. The number of hydrogen-bond acceptors (Lipinski definition) is 9. The van der Waals surface area contributed by atoms with Crippen molar-refractivity contribution in [3.05, 3.63) is 90.3 Å². The third-order valence-electron chi connectivity index (χ3n) is 9.77. The molecule has 3 fully saturated rings. The standard InChI is InChI=1S/C34H32N10O5/c45-32(28-15-35-18-48-28)43-9-1-3-26(43)30-37-22-7-5-20(13-24(22)39-30)17-41-11-12-42(34(41)47)21-6-8-23-25(14-21)40-31(38-23)27-4-2-10-44(27)33(46)29-16-36-19-49-29/h5-8,13-16,18-19,26-27H,1-4,9-12,17H2,(H,37,39)(H,38,40)/t26-,27-/m1/s1. The lowest BCUT2D eigenvalue weighted by molar-refractivity contribution is 0.0691. The number of nitrogens with zero attached hydrogens (tertiary/aromatic N) is 8. The number of H-pyrrole nitrogens is 2. The fourth-order valence-corrected chi connectivity index (χ4v) is 7.38. The van der Waals surface area contributed by atoms with Gasteiger partial charge in [-0.3, -0.25) is 14.5 Å². The van der Waals surface area contributed by atoms with E-state index in [0.717, 1.165) is 64.8 Å². The fourth-order valence-electron chi connectivity index (χ4n) is 7.38. The lowest BCUT2D eigenvalue weighted by atomic mass is 10.2. The number of amides is 4. The molecule has 0 aliphatic carbocycles. The second kappa shape index (κ2) is 11.6. The molecule has 0 spiro atoms. The highest BCUT2D eigenvalue weighted by Crippen LogP contribution is 2.35. The molecule has 15 nitrogen and oxygen atoms in total. The molecule has 6 aromatic rings. The number of rotatable bonds is 7. The highest BCUT2D eigenvalue weighted by atomic mass is 16.4. The third kappa shape index (κ3) is 5.08. The lowest BCUT2D eigenvalue weighted by Gasteiger charge is -2.21. The van der Waals surface area contributed by atoms with Crippen LogP contribution < -0.4 is 4.90 Å². The molecule has 2 N–H and O–H groups in total. The van der Waals surface area contributed by atoms with Gasteiger partial charge in [-0.15, -0.1) is 0 Å². The number of fused-ring (bicyclic) bond motifs is 2. The number of aromatic nitrogens is 6. The number of aromatic amines is 2. The zero-order valence-corrected chi connectivity index (χ0v) is 26.4. The van der Waals surface area contributed by atoms with E-state index in [1.54, 1.807) is 14.7 Å². The van der Waals surface area contributed by atoms with Gasteiger partial charge in [0.1, 0.15) is 11.6 Å². The third-order valence-corrected chi connectivity index (χ3v) is 9.77. The average Bonchev–Trinajstić information content (AvgIpc) is 3.95. The Balaban J connectivity index is 0.890. The van der Waals surface area contributed by atoms with Crippen LogP contribution in [0.2, 0.25) is 0 Å². The Hall–Kier alpha value is -5.99. The molecule has 15 heteroatoms. The Morgan fingerprint density at radius 1 is 0.755 bits per heavy atom.